The monoisotopic (exact) mass is 286 g/mol. The van der Waals surface area contributed by atoms with Crippen molar-refractivity contribution in [3.8, 4) is 0 Å². The first-order chi connectivity index (χ1) is 8.91. The SMILES string of the molecule is CCN(C1CC1)S(=O)(=O)c1cc(C(=O)O)n(CC)c1. The molecule has 1 aromatic rings. The lowest BCUT2D eigenvalue weighted by molar-refractivity contribution is 0.0685. The molecule has 1 heterocycles. The Morgan fingerprint density at radius 3 is 2.47 bits per heavy atom. The fraction of sp³-hybridized carbons (Fsp3) is 0.583. The predicted octanol–water partition coefficient (Wildman–Crippen LogP) is 1.38. The number of carboxylic acid groups (broad SMARTS) is 1. The number of nitrogens with zero attached hydrogens (tertiary/aromatic N) is 2. The Labute approximate surface area is 112 Å². The molecule has 1 aliphatic carbocycles. The van der Waals surface area contributed by atoms with Gasteiger partial charge in [-0.15, -0.1) is 0 Å². The predicted molar refractivity (Wildman–Crippen MR) is 69.7 cm³/mol. The number of aryl methyl sites for hydroxylation is 1. The van der Waals surface area contributed by atoms with Gasteiger partial charge < -0.3 is 9.67 Å². The van der Waals surface area contributed by atoms with Crippen LogP contribution in [0.2, 0.25) is 0 Å². The van der Waals surface area contributed by atoms with Gasteiger partial charge >= 0.3 is 5.97 Å². The smallest absolute Gasteiger partial charge is 0.352 e. The van der Waals surface area contributed by atoms with Crippen LogP contribution in [0.1, 0.15) is 37.2 Å². The van der Waals surface area contributed by atoms with Gasteiger partial charge in [-0.25, -0.2) is 13.2 Å². The molecule has 1 fully saturated rings. The lowest BCUT2D eigenvalue weighted by atomic mass is 10.4. The molecule has 0 bridgehead atoms. The number of sulfonamides is 1. The molecular formula is C12H18N2O4S. The van der Waals surface area contributed by atoms with E-state index in [2.05, 4.69) is 0 Å². The average Bonchev–Trinajstić information content (AvgIpc) is 3.06. The Kier molecular flexibility index (Phi) is 3.69. The Morgan fingerprint density at radius 1 is 1.47 bits per heavy atom. The van der Waals surface area contributed by atoms with Crippen LogP contribution in [0.4, 0.5) is 0 Å². The van der Waals surface area contributed by atoms with Crippen molar-refractivity contribution in [3.63, 3.8) is 0 Å². The highest BCUT2D eigenvalue weighted by atomic mass is 32.2. The molecule has 1 aromatic heterocycles. The van der Waals surface area contributed by atoms with Crippen LogP contribution < -0.4 is 0 Å². The van der Waals surface area contributed by atoms with E-state index < -0.39 is 16.0 Å². The maximum absolute atomic E-state index is 12.5. The third-order valence-electron chi connectivity index (χ3n) is 3.30. The molecule has 2 rings (SSSR count). The number of hydrogen-bond donors (Lipinski definition) is 1. The van der Waals surface area contributed by atoms with Gasteiger partial charge in [-0.3, -0.25) is 0 Å². The fourth-order valence-electron chi connectivity index (χ4n) is 2.19. The van der Waals surface area contributed by atoms with E-state index in [0.29, 0.717) is 13.1 Å². The lowest BCUT2D eigenvalue weighted by Gasteiger charge is -2.18. The first-order valence-corrected chi connectivity index (χ1v) is 7.81. The van der Waals surface area contributed by atoms with Crippen molar-refractivity contribution in [2.24, 2.45) is 0 Å². The van der Waals surface area contributed by atoms with Crippen LogP contribution in [0.5, 0.6) is 0 Å². The third kappa shape index (κ3) is 2.52. The summed E-state index contributed by atoms with van der Waals surface area (Å²) in [5.74, 6) is -1.11. The standard InChI is InChI=1S/C12H18N2O4S/c1-3-13-8-10(7-11(13)12(15)16)19(17,18)14(4-2)9-5-6-9/h7-9H,3-6H2,1-2H3,(H,15,16). The topological polar surface area (TPSA) is 79.6 Å². The number of rotatable bonds is 6. The molecule has 0 unspecified atom stereocenters. The van der Waals surface area contributed by atoms with Gasteiger partial charge in [0, 0.05) is 25.3 Å². The van der Waals surface area contributed by atoms with Gasteiger partial charge in [-0.1, -0.05) is 6.92 Å². The second-order valence-electron chi connectivity index (χ2n) is 4.59. The molecule has 0 aromatic carbocycles. The highest BCUT2D eigenvalue weighted by Crippen LogP contribution is 2.32. The van der Waals surface area contributed by atoms with Crippen molar-refractivity contribution < 1.29 is 18.3 Å². The molecule has 19 heavy (non-hydrogen) atoms. The summed E-state index contributed by atoms with van der Waals surface area (Å²) in [6.07, 6.45) is 3.17. The number of hydrogen-bond acceptors (Lipinski definition) is 3. The molecule has 7 heteroatoms. The van der Waals surface area contributed by atoms with E-state index in [9.17, 15) is 13.2 Å². The molecule has 106 valence electrons. The summed E-state index contributed by atoms with van der Waals surface area (Å²) in [6.45, 7) is 4.41. The molecule has 6 nitrogen and oxygen atoms in total. The number of carboxylic acids is 1. The summed E-state index contributed by atoms with van der Waals surface area (Å²) >= 11 is 0. The largest absolute Gasteiger partial charge is 0.477 e. The Morgan fingerprint density at radius 2 is 2.11 bits per heavy atom. The van der Waals surface area contributed by atoms with Gasteiger partial charge in [0.1, 0.15) is 10.6 Å². The molecule has 0 amide bonds. The fourth-order valence-corrected chi connectivity index (χ4v) is 3.92. The van der Waals surface area contributed by atoms with Gasteiger partial charge in [0.05, 0.1) is 0 Å². The van der Waals surface area contributed by atoms with Crippen molar-refractivity contribution in [3.05, 3.63) is 18.0 Å². The maximum Gasteiger partial charge on any atom is 0.352 e. The minimum absolute atomic E-state index is 0.00734. The van der Waals surface area contributed by atoms with Crippen LogP contribution in [-0.2, 0) is 16.6 Å². The van der Waals surface area contributed by atoms with Crippen molar-refractivity contribution in [2.45, 2.75) is 44.2 Å². The van der Waals surface area contributed by atoms with Gasteiger partial charge in [0.2, 0.25) is 10.0 Å². The average molecular weight is 286 g/mol. The van der Waals surface area contributed by atoms with Crippen molar-refractivity contribution in [1.29, 1.82) is 0 Å². The molecule has 0 atom stereocenters. The van der Waals surface area contributed by atoms with Crippen LogP contribution >= 0.6 is 0 Å². The van der Waals surface area contributed by atoms with Gasteiger partial charge in [0.15, 0.2) is 0 Å². The number of aromatic carboxylic acids is 1. The zero-order valence-corrected chi connectivity index (χ0v) is 11.9. The van der Waals surface area contributed by atoms with E-state index in [1.807, 2.05) is 0 Å². The zero-order valence-electron chi connectivity index (χ0n) is 11.0. The number of aromatic nitrogens is 1. The normalized spacial score (nSPS) is 15.9. The zero-order chi connectivity index (χ0) is 14.2. The summed E-state index contributed by atoms with van der Waals surface area (Å²) in [7, 11) is -3.58. The quantitative estimate of drug-likeness (QED) is 0.856. The molecule has 1 N–H and O–H groups in total. The van der Waals surface area contributed by atoms with Crippen LogP contribution in [0.3, 0.4) is 0 Å². The van der Waals surface area contributed by atoms with E-state index in [4.69, 9.17) is 5.11 Å². The first-order valence-electron chi connectivity index (χ1n) is 6.37. The summed E-state index contributed by atoms with van der Waals surface area (Å²) < 4.78 is 27.8. The highest BCUT2D eigenvalue weighted by Gasteiger charge is 2.37. The van der Waals surface area contributed by atoms with Gasteiger partial charge in [-0.2, -0.15) is 4.31 Å². The number of carbonyl (C=O) groups is 1. The Hall–Kier alpha value is -1.34. The summed E-state index contributed by atoms with van der Waals surface area (Å²) in [5.41, 5.74) is 0.00734. The molecule has 1 aliphatic rings. The van der Waals surface area contributed by atoms with Crippen molar-refractivity contribution in [1.82, 2.24) is 8.87 Å². The lowest BCUT2D eigenvalue weighted by Crippen LogP contribution is -2.32. The molecule has 1 saturated carbocycles. The third-order valence-corrected chi connectivity index (χ3v) is 5.30. The summed E-state index contributed by atoms with van der Waals surface area (Å²) in [4.78, 5) is 11.1. The van der Waals surface area contributed by atoms with Crippen LogP contribution in [-0.4, -0.2) is 41.0 Å². The molecule has 0 saturated heterocycles. The minimum Gasteiger partial charge on any atom is -0.477 e. The van der Waals surface area contributed by atoms with Crippen LogP contribution in [0.25, 0.3) is 0 Å². The van der Waals surface area contributed by atoms with Crippen LogP contribution in [0.15, 0.2) is 17.2 Å². The molecule has 0 spiro atoms. The summed E-state index contributed by atoms with van der Waals surface area (Å²) in [6, 6.07) is 1.32. The van der Waals surface area contributed by atoms with E-state index in [-0.39, 0.29) is 16.6 Å². The van der Waals surface area contributed by atoms with Gasteiger partial charge in [-0.05, 0) is 25.8 Å². The first kappa shape index (κ1) is 14.1. The maximum atomic E-state index is 12.5. The van der Waals surface area contributed by atoms with E-state index >= 15 is 0 Å². The van der Waals surface area contributed by atoms with E-state index in [1.165, 1.54) is 21.1 Å². The van der Waals surface area contributed by atoms with E-state index in [1.54, 1.807) is 13.8 Å². The Balaban J connectivity index is 2.42. The van der Waals surface area contributed by atoms with Crippen LogP contribution in [0, 0.1) is 0 Å². The molecular weight excluding hydrogens is 268 g/mol. The molecule has 0 radical (unpaired) electrons. The molecule has 0 aliphatic heterocycles. The van der Waals surface area contributed by atoms with Crippen molar-refractivity contribution in [2.75, 3.05) is 6.54 Å². The van der Waals surface area contributed by atoms with Crippen molar-refractivity contribution >= 4 is 16.0 Å². The minimum atomic E-state index is -3.58. The second-order valence-corrected chi connectivity index (χ2v) is 6.48. The summed E-state index contributed by atoms with van der Waals surface area (Å²) in [5, 5.41) is 9.06. The Bertz CT molecular complexity index is 587. The van der Waals surface area contributed by atoms with Gasteiger partial charge in [0.25, 0.3) is 0 Å². The second kappa shape index (κ2) is 4.97. The highest BCUT2D eigenvalue weighted by molar-refractivity contribution is 7.89. The van der Waals surface area contributed by atoms with E-state index in [0.717, 1.165) is 12.8 Å².